The molecule has 0 aliphatic rings. The summed E-state index contributed by atoms with van der Waals surface area (Å²) in [6.45, 7) is 3.25. The fourth-order valence-electron chi connectivity index (χ4n) is 1.79. The van der Waals surface area contributed by atoms with E-state index in [2.05, 4.69) is 15.5 Å². The highest BCUT2D eigenvalue weighted by molar-refractivity contribution is 7.99. The van der Waals surface area contributed by atoms with Crippen LogP contribution in [-0.2, 0) is 17.9 Å². The van der Waals surface area contributed by atoms with Gasteiger partial charge in [-0.2, -0.15) is 0 Å². The molecule has 3 N–H and O–H groups in total. The lowest BCUT2D eigenvalue weighted by molar-refractivity contribution is -0.115. The van der Waals surface area contributed by atoms with Crippen LogP contribution < -0.4 is 11.1 Å². The van der Waals surface area contributed by atoms with E-state index in [0.717, 1.165) is 18.1 Å². The number of halogens is 1. The Labute approximate surface area is 132 Å². The third kappa shape index (κ3) is 4.37. The molecule has 21 heavy (non-hydrogen) atoms. The zero-order chi connectivity index (χ0) is 15.2. The molecule has 0 spiro atoms. The summed E-state index contributed by atoms with van der Waals surface area (Å²) in [5.41, 5.74) is 6.06. The summed E-state index contributed by atoms with van der Waals surface area (Å²) >= 11 is 7.23. The maximum Gasteiger partial charge on any atom is 0.227 e. The Morgan fingerprint density at radius 3 is 2.95 bits per heavy atom. The van der Waals surface area contributed by atoms with Gasteiger partial charge in [0.05, 0.1) is 12.3 Å². The number of aromatic nitrogens is 3. The second-order valence-corrected chi connectivity index (χ2v) is 5.64. The second-order valence-electron chi connectivity index (χ2n) is 4.26. The standard InChI is InChI=1S/C13H16ClN5OS/c1-2-19-12(17-18-13(19)21-8-11(15)20)7-16-10-5-3-4-9(14)6-10/h3-6,16H,2,7-8H2,1H3,(H2,15,20). The predicted octanol–water partition coefficient (Wildman–Crippen LogP) is 2.14. The van der Waals surface area contributed by atoms with Crippen LogP contribution in [0, 0.1) is 0 Å². The first-order valence-electron chi connectivity index (χ1n) is 6.42. The molecule has 0 fully saturated rings. The van der Waals surface area contributed by atoms with Gasteiger partial charge in [0.25, 0.3) is 0 Å². The van der Waals surface area contributed by atoms with Gasteiger partial charge in [0.15, 0.2) is 11.0 Å². The number of thioether (sulfide) groups is 1. The zero-order valence-electron chi connectivity index (χ0n) is 11.5. The molecule has 0 aliphatic heterocycles. The number of carbonyl (C=O) groups is 1. The number of hydrogen-bond acceptors (Lipinski definition) is 5. The molecule has 1 aromatic carbocycles. The molecule has 1 amide bonds. The van der Waals surface area contributed by atoms with Crippen LogP contribution in [0.1, 0.15) is 12.7 Å². The normalized spacial score (nSPS) is 10.6. The van der Waals surface area contributed by atoms with Crippen molar-refractivity contribution in [2.24, 2.45) is 5.73 Å². The molecule has 1 heterocycles. The smallest absolute Gasteiger partial charge is 0.227 e. The van der Waals surface area contributed by atoms with Crippen LogP contribution in [-0.4, -0.2) is 26.4 Å². The van der Waals surface area contributed by atoms with E-state index < -0.39 is 0 Å². The third-order valence-corrected chi connectivity index (χ3v) is 3.95. The molecule has 2 aromatic rings. The summed E-state index contributed by atoms with van der Waals surface area (Å²) < 4.78 is 1.95. The number of primary amides is 1. The summed E-state index contributed by atoms with van der Waals surface area (Å²) in [6, 6.07) is 7.47. The molecule has 0 saturated heterocycles. The summed E-state index contributed by atoms with van der Waals surface area (Å²) in [4.78, 5) is 10.8. The Balaban J connectivity index is 2.04. The molecular weight excluding hydrogens is 310 g/mol. The van der Waals surface area contributed by atoms with Crippen molar-refractivity contribution in [1.29, 1.82) is 0 Å². The molecule has 0 atom stereocenters. The topological polar surface area (TPSA) is 85.8 Å². The SMILES string of the molecule is CCn1c(CNc2cccc(Cl)c2)nnc1SCC(N)=O. The van der Waals surface area contributed by atoms with Crippen molar-refractivity contribution in [3.63, 3.8) is 0 Å². The minimum atomic E-state index is -0.371. The number of nitrogens with zero attached hydrogens (tertiary/aromatic N) is 3. The minimum Gasteiger partial charge on any atom is -0.378 e. The van der Waals surface area contributed by atoms with Crippen LogP contribution in [0.15, 0.2) is 29.4 Å². The molecule has 112 valence electrons. The van der Waals surface area contributed by atoms with Gasteiger partial charge in [-0.15, -0.1) is 10.2 Å². The van der Waals surface area contributed by atoms with Crippen LogP contribution in [0.2, 0.25) is 5.02 Å². The van der Waals surface area contributed by atoms with Crippen molar-refractivity contribution < 1.29 is 4.79 Å². The number of benzene rings is 1. The van der Waals surface area contributed by atoms with E-state index in [9.17, 15) is 4.79 Å². The monoisotopic (exact) mass is 325 g/mol. The van der Waals surface area contributed by atoms with Crippen molar-refractivity contribution in [3.05, 3.63) is 35.1 Å². The summed E-state index contributed by atoms with van der Waals surface area (Å²) in [5, 5.41) is 12.9. The van der Waals surface area contributed by atoms with Crippen LogP contribution in [0.5, 0.6) is 0 Å². The van der Waals surface area contributed by atoms with E-state index in [4.69, 9.17) is 17.3 Å². The van der Waals surface area contributed by atoms with Crippen molar-refractivity contribution in [2.45, 2.75) is 25.2 Å². The van der Waals surface area contributed by atoms with Crippen molar-refractivity contribution >= 4 is 35.0 Å². The van der Waals surface area contributed by atoms with Gasteiger partial charge in [0, 0.05) is 17.3 Å². The highest BCUT2D eigenvalue weighted by Crippen LogP contribution is 2.18. The van der Waals surface area contributed by atoms with Gasteiger partial charge in [0.2, 0.25) is 5.91 Å². The number of nitrogens with one attached hydrogen (secondary N) is 1. The molecule has 0 aliphatic carbocycles. The molecule has 0 saturated carbocycles. The van der Waals surface area contributed by atoms with Crippen LogP contribution in [0.3, 0.4) is 0 Å². The number of hydrogen-bond donors (Lipinski definition) is 2. The maximum atomic E-state index is 10.8. The molecule has 8 heteroatoms. The number of rotatable bonds is 7. The Morgan fingerprint density at radius 2 is 2.29 bits per heavy atom. The van der Waals surface area contributed by atoms with E-state index in [1.807, 2.05) is 35.8 Å². The average Bonchev–Trinajstić information content (AvgIpc) is 2.85. The van der Waals surface area contributed by atoms with Gasteiger partial charge in [-0.05, 0) is 25.1 Å². The highest BCUT2D eigenvalue weighted by Gasteiger charge is 2.12. The van der Waals surface area contributed by atoms with Crippen molar-refractivity contribution in [2.75, 3.05) is 11.1 Å². The fraction of sp³-hybridized carbons (Fsp3) is 0.308. The Hall–Kier alpha value is -1.73. The van der Waals surface area contributed by atoms with Crippen molar-refractivity contribution in [1.82, 2.24) is 14.8 Å². The van der Waals surface area contributed by atoms with E-state index in [-0.39, 0.29) is 11.7 Å². The molecular formula is C13H16ClN5OS. The van der Waals surface area contributed by atoms with E-state index in [1.165, 1.54) is 11.8 Å². The van der Waals surface area contributed by atoms with Crippen LogP contribution in [0.25, 0.3) is 0 Å². The van der Waals surface area contributed by atoms with Gasteiger partial charge in [-0.3, -0.25) is 4.79 Å². The zero-order valence-corrected chi connectivity index (χ0v) is 13.1. The highest BCUT2D eigenvalue weighted by atomic mass is 35.5. The van der Waals surface area contributed by atoms with E-state index >= 15 is 0 Å². The Kier molecular flexibility index (Phi) is 5.46. The second kappa shape index (κ2) is 7.33. The average molecular weight is 326 g/mol. The van der Waals surface area contributed by atoms with E-state index in [0.29, 0.717) is 16.7 Å². The van der Waals surface area contributed by atoms with Gasteiger partial charge in [-0.1, -0.05) is 29.4 Å². The number of anilines is 1. The van der Waals surface area contributed by atoms with Crippen LogP contribution in [0.4, 0.5) is 5.69 Å². The quantitative estimate of drug-likeness (QED) is 0.762. The molecule has 1 aromatic heterocycles. The van der Waals surface area contributed by atoms with Gasteiger partial charge in [0.1, 0.15) is 0 Å². The minimum absolute atomic E-state index is 0.194. The lowest BCUT2D eigenvalue weighted by Crippen LogP contribution is -2.14. The summed E-state index contributed by atoms with van der Waals surface area (Å²) in [6.07, 6.45) is 0. The number of carbonyl (C=O) groups excluding carboxylic acids is 1. The number of nitrogens with two attached hydrogens (primary N) is 1. The van der Waals surface area contributed by atoms with Crippen LogP contribution >= 0.6 is 23.4 Å². The van der Waals surface area contributed by atoms with Gasteiger partial charge >= 0.3 is 0 Å². The summed E-state index contributed by atoms with van der Waals surface area (Å²) in [7, 11) is 0. The fourth-order valence-corrected chi connectivity index (χ4v) is 2.74. The maximum absolute atomic E-state index is 10.8. The largest absolute Gasteiger partial charge is 0.378 e. The Bertz CT molecular complexity index is 631. The predicted molar refractivity (Wildman–Crippen MR) is 84.4 cm³/mol. The molecule has 2 rings (SSSR count). The molecule has 0 unspecified atom stereocenters. The number of amides is 1. The first kappa shape index (κ1) is 15.7. The third-order valence-electron chi connectivity index (χ3n) is 2.73. The van der Waals surface area contributed by atoms with Gasteiger partial charge in [-0.25, -0.2) is 0 Å². The summed E-state index contributed by atoms with van der Waals surface area (Å²) in [5.74, 6) is 0.619. The first-order chi connectivity index (χ1) is 10.1. The van der Waals surface area contributed by atoms with Gasteiger partial charge < -0.3 is 15.6 Å². The van der Waals surface area contributed by atoms with Crippen molar-refractivity contribution in [3.8, 4) is 0 Å². The lowest BCUT2D eigenvalue weighted by Gasteiger charge is -2.09. The molecule has 6 nitrogen and oxygen atoms in total. The Morgan fingerprint density at radius 1 is 1.48 bits per heavy atom. The first-order valence-corrected chi connectivity index (χ1v) is 7.79. The molecule has 0 radical (unpaired) electrons. The molecule has 0 bridgehead atoms. The lowest BCUT2D eigenvalue weighted by atomic mass is 10.3. The van der Waals surface area contributed by atoms with E-state index in [1.54, 1.807) is 0 Å².